The lowest BCUT2D eigenvalue weighted by Gasteiger charge is -2.19. The van der Waals surface area contributed by atoms with Crippen molar-refractivity contribution in [2.24, 2.45) is 7.05 Å². The van der Waals surface area contributed by atoms with E-state index in [0.29, 0.717) is 18.8 Å². The molecule has 0 N–H and O–H groups in total. The van der Waals surface area contributed by atoms with Crippen molar-refractivity contribution >= 4 is 16.0 Å². The first-order chi connectivity index (χ1) is 10.4. The fraction of sp³-hybridized carbons (Fsp3) is 0.667. The topological polar surface area (TPSA) is 68.6 Å². The van der Waals surface area contributed by atoms with Crippen LogP contribution in [-0.4, -0.2) is 43.0 Å². The minimum absolute atomic E-state index is 0.208. The van der Waals surface area contributed by atoms with Gasteiger partial charge < -0.3 is 9.30 Å². The van der Waals surface area contributed by atoms with Crippen molar-refractivity contribution in [1.82, 2.24) is 8.87 Å². The summed E-state index contributed by atoms with van der Waals surface area (Å²) in [5, 5.41) is 0. The molecule has 2 rings (SSSR count). The summed E-state index contributed by atoms with van der Waals surface area (Å²) in [5.41, 5.74) is 0.833. The maximum atomic E-state index is 12.9. The van der Waals surface area contributed by atoms with Crippen molar-refractivity contribution < 1.29 is 17.9 Å². The van der Waals surface area contributed by atoms with E-state index < -0.39 is 16.0 Å². The number of ether oxygens (including phenoxy) is 1. The van der Waals surface area contributed by atoms with E-state index >= 15 is 0 Å². The van der Waals surface area contributed by atoms with E-state index in [-0.39, 0.29) is 17.2 Å². The van der Waals surface area contributed by atoms with E-state index in [0.717, 1.165) is 25.7 Å². The summed E-state index contributed by atoms with van der Waals surface area (Å²) in [6.45, 7) is 4.80. The predicted molar refractivity (Wildman–Crippen MR) is 83.3 cm³/mol. The lowest BCUT2D eigenvalue weighted by Crippen LogP contribution is -2.32. The summed E-state index contributed by atoms with van der Waals surface area (Å²) < 4.78 is 33.8. The summed E-state index contributed by atoms with van der Waals surface area (Å²) in [6.07, 6.45) is 3.90. The van der Waals surface area contributed by atoms with E-state index in [2.05, 4.69) is 0 Å². The molecule has 1 saturated heterocycles. The van der Waals surface area contributed by atoms with Gasteiger partial charge in [0, 0.05) is 25.8 Å². The second kappa shape index (κ2) is 6.83. The smallest absolute Gasteiger partial charge is 0.354 e. The summed E-state index contributed by atoms with van der Waals surface area (Å²) in [5.74, 6) is -0.495. The normalized spacial score (nSPS) is 17.2. The van der Waals surface area contributed by atoms with E-state index in [1.54, 1.807) is 25.5 Å². The van der Waals surface area contributed by atoms with Crippen LogP contribution in [-0.2, 0) is 21.8 Å². The van der Waals surface area contributed by atoms with Gasteiger partial charge in [-0.2, -0.15) is 4.31 Å². The summed E-state index contributed by atoms with van der Waals surface area (Å²) in [4.78, 5) is 12.1. The van der Waals surface area contributed by atoms with Gasteiger partial charge in [0.15, 0.2) is 0 Å². The Hall–Kier alpha value is -1.34. The van der Waals surface area contributed by atoms with Gasteiger partial charge in [-0.1, -0.05) is 12.8 Å². The molecule has 0 radical (unpaired) electrons. The van der Waals surface area contributed by atoms with Gasteiger partial charge in [-0.25, -0.2) is 13.2 Å². The van der Waals surface area contributed by atoms with Gasteiger partial charge in [0.05, 0.1) is 6.61 Å². The van der Waals surface area contributed by atoms with Crippen molar-refractivity contribution in [2.75, 3.05) is 19.7 Å². The fourth-order valence-corrected chi connectivity index (χ4v) is 4.54. The van der Waals surface area contributed by atoms with E-state index in [1.807, 2.05) is 0 Å². The molecule has 7 heteroatoms. The molecule has 22 heavy (non-hydrogen) atoms. The van der Waals surface area contributed by atoms with Crippen molar-refractivity contribution in [3.05, 3.63) is 17.5 Å². The molecule has 0 bridgehead atoms. The van der Waals surface area contributed by atoms with Crippen molar-refractivity contribution in [3.63, 3.8) is 0 Å². The third-order valence-electron chi connectivity index (χ3n) is 4.16. The molecule has 0 saturated carbocycles. The number of carbonyl (C=O) groups excluding carboxylic acids is 1. The highest BCUT2D eigenvalue weighted by molar-refractivity contribution is 7.89. The molecule has 1 aliphatic heterocycles. The summed E-state index contributed by atoms with van der Waals surface area (Å²) >= 11 is 0. The van der Waals surface area contributed by atoms with Crippen molar-refractivity contribution in [3.8, 4) is 0 Å². The van der Waals surface area contributed by atoms with E-state index in [9.17, 15) is 13.2 Å². The number of rotatable bonds is 4. The summed E-state index contributed by atoms with van der Waals surface area (Å²) in [7, 11) is -1.88. The van der Waals surface area contributed by atoms with Crippen LogP contribution in [0.3, 0.4) is 0 Å². The second-order valence-corrected chi connectivity index (χ2v) is 7.48. The molecule has 6 nitrogen and oxygen atoms in total. The third kappa shape index (κ3) is 3.20. The molecule has 1 aliphatic rings. The zero-order chi connectivity index (χ0) is 16.3. The maximum absolute atomic E-state index is 12.9. The Morgan fingerprint density at radius 3 is 2.36 bits per heavy atom. The van der Waals surface area contributed by atoms with Crippen LogP contribution in [0.1, 0.15) is 48.8 Å². The van der Waals surface area contributed by atoms with Gasteiger partial charge in [0.2, 0.25) is 10.0 Å². The molecule has 1 fully saturated rings. The zero-order valence-corrected chi connectivity index (χ0v) is 14.3. The van der Waals surface area contributed by atoms with Crippen LogP contribution in [0.4, 0.5) is 0 Å². The molecule has 0 unspecified atom stereocenters. The minimum Gasteiger partial charge on any atom is -0.461 e. The van der Waals surface area contributed by atoms with Gasteiger partial charge >= 0.3 is 5.97 Å². The average Bonchev–Trinajstić information content (AvgIpc) is 2.69. The Morgan fingerprint density at radius 2 is 1.82 bits per heavy atom. The first kappa shape index (κ1) is 17.0. The lowest BCUT2D eigenvalue weighted by molar-refractivity contribution is 0.0515. The molecule has 1 aromatic rings. The molecule has 0 aliphatic carbocycles. The Bertz CT molecular complexity index is 641. The quantitative estimate of drug-likeness (QED) is 0.794. The lowest BCUT2D eigenvalue weighted by atomic mass is 10.2. The number of sulfonamides is 1. The highest BCUT2D eigenvalue weighted by Gasteiger charge is 2.30. The van der Waals surface area contributed by atoms with Crippen LogP contribution in [0.5, 0.6) is 0 Å². The van der Waals surface area contributed by atoms with Crippen LogP contribution in [0, 0.1) is 6.92 Å². The monoisotopic (exact) mass is 328 g/mol. The van der Waals surface area contributed by atoms with Crippen LogP contribution in [0.15, 0.2) is 11.0 Å². The molecule has 1 aromatic heterocycles. The number of hydrogen-bond acceptors (Lipinski definition) is 4. The number of esters is 1. The fourth-order valence-electron chi connectivity index (χ4n) is 2.75. The van der Waals surface area contributed by atoms with Gasteiger partial charge in [-0.05, 0) is 32.8 Å². The second-order valence-electron chi connectivity index (χ2n) is 5.58. The number of hydrogen-bond donors (Lipinski definition) is 0. The number of nitrogens with zero attached hydrogens (tertiary/aromatic N) is 2. The Labute approximate surface area is 132 Å². The van der Waals surface area contributed by atoms with Gasteiger partial charge in [-0.3, -0.25) is 0 Å². The Kier molecular flexibility index (Phi) is 5.28. The van der Waals surface area contributed by atoms with Gasteiger partial charge in [-0.15, -0.1) is 0 Å². The van der Waals surface area contributed by atoms with Crippen LogP contribution in [0.2, 0.25) is 0 Å². The molecule has 0 spiro atoms. The van der Waals surface area contributed by atoms with Crippen molar-refractivity contribution in [2.45, 2.75) is 44.4 Å². The van der Waals surface area contributed by atoms with Crippen LogP contribution < -0.4 is 0 Å². The highest BCUT2D eigenvalue weighted by Crippen LogP contribution is 2.25. The molecule has 0 aromatic carbocycles. The Morgan fingerprint density at radius 1 is 1.23 bits per heavy atom. The third-order valence-corrected chi connectivity index (χ3v) is 6.17. The molecular weight excluding hydrogens is 304 g/mol. The molecule has 2 heterocycles. The van der Waals surface area contributed by atoms with Crippen LogP contribution in [0.25, 0.3) is 0 Å². The molecule has 0 amide bonds. The average molecular weight is 328 g/mol. The summed E-state index contributed by atoms with van der Waals surface area (Å²) in [6, 6.07) is 1.44. The first-order valence-electron chi connectivity index (χ1n) is 7.73. The van der Waals surface area contributed by atoms with E-state index in [1.165, 1.54) is 10.4 Å². The molecule has 0 atom stereocenters. The van der Waals surface area contributed by atoms with Gasteiger partial charge in [0.25, 0.3) is 0 Å². The maximum Gasteiger partial charge on any atom is 0.354 e. The van der Waals surface area contributed by atoms with Gasteiger partial charge in [0.1, 0.15) is 10.6 Å². The first-order valence-corrected chi connectivity index (χ1v) is 9.17. The zero-order valence-electron chi connectivity index (χ0n) is 13.5. The minimum atomic E-state index is -3.56. The number of aromatic nitrogens is 1. The van der Waals surface area contributed by atoms with Crippen LogP contribution >= 0.6 is 0 Å². The SMILES string of the molecule is CCOC(=O)c1cc(S(=O)(=O)N2CCCCCC2)c(C)n1C. The predicted octanol–water partition coefficient (Wildman–Crippen LogP) is 2.07. The Balaban J connectivity index is 2.38. The largest absolute Gasteiger partial charge is 0.461 e. The number of carbonyl (C=O) groups is 1. The standard InChI is InChI=1S/C15H24N2O4S/c1-4-21-15(18)13-11-14(12(2)16(13)3)22(19,20)17-9-7-5-6-8-10-17/h11H,4-10H2,1-3H3. The molecular formula is C15H24N2O4S. The van der Waals surface area contributed by atoms with Crippen molar-refractivity contribution in [1.29, 1.82) is 0 Å². The molecule has 124 valence electrons. The van der Waals surface area contributed by atoms with E-state index in [4.69, 9.17) is 4.74 Å². The highest BCUT2D eigenvalue weighted by atomic mass is 32.2.